The summed E-state index contributed by atoms with van der Waals surface area (Å²) >= 11 is 0. The molecule has 0 saturated carbocycles. The van der Waals surface area contributed by atoms with Crippen LogP contribution >= 0.6 is 0 Å². The smallest absolute Gasteiger partial charge is 0.234 e. The minimum atomic E-state index is 1.22. The SMILES string of the molecule is CCCCCCCCCCCCCCCCn1cc[n+](CCCCCCC)c1CCCCCCCCCC. The van der Waals surface area contributed by atoms with Crippen LogP contribution in [0.15, 0.2) is 12.4 Å². The molecule has 0 aliphatic heterocycles. The third kappa shape index (κ3) is 20.2. The molecule has 0 bridgehead atoms. The molecule has 0 fully saturated rings. The van der Waals surface area contributed by atoms with Crippen molar-refractivity contribution in [2.45, 2.75) is 214 Å². The number of nitrogens with zero attached hydrogens (tertiary/aromatic N) is 2. The molecule has 2 nitrogen and oxygen atoms in total. The van der Waals surface area contributed by atoms with Gasteiger partial charge in [-0.15, -0.1) is 0 Å². The molecule has 2 heteroatoms. The predicted molar refractivity (Wildman–Crippen MR) is 170 cm³/mol. The van der Waals surface area contributed by atoms with E-state index in [1.165, 1.54) is 193 Å². The quantitative estimate of drug-likeness (QED) is 0.0689. The Balaban J connectivity index is 2.23. The largest absolute Gasteiger partial charge is 0.256 e. The first-order valence-electron chi connectivity index (χ1n) is 17.9. The fourth-order valence-corrected chi connectivity index (χ4v) is 5.97. The van der Waals surface area contributed by atoms with Gasteiger partial charge in [0.25, 0.3) is 5.82 Å². The van der Waals surface area contributed by atoms with Gasteiger partial charge in [0.2, 0.25) is 0 Å². The summed E-state index contributed by atoms with van der Waals surface area (Å²) in [5, 5.41) is 0. The van der Waals surface area contributed by atoms with Crippen molar-refractivity contribution >= 4 is 0 Å². The van der Waals surface area contributed by atoms with Gasteiger partial charge < -0.3 is 0 Å². The highest BCUT2D eigenvalue weighted by atomic mass is 15.1. The molecule has 0 saturated heterocycles. The molecule has 0 aromatic carbocycles. The molecule has 0 N–H and O–H groups in total. The summed E-state index contributed by atoms with van der Waals surface area (Å²) in [7, 11) is 0. The number of hydrogen-bond donors (Lipinski definition) is 0. The van der Waals surface area contributed by atoms with Crippen LogP contribution < -0.4 is 4.57 Å². The fraction of sp³-hybridized carbons (Fsp3) is 0.917. The van der Waals surface area contributed by atoms with Crippen molar-refractivity contribution < 1.29 is 4.57 Å². The molecule has 0 radical (unpaired) electrons. The lowest BCUT2D eigenvalue weighted by Crippen LogP contribution is -2.37. The summed E-state index contributed by atoms with van der Waals surface area (Å²) in [6.45, 7) is 9.39. The lowest BCUT2D eigenvalue weighted by atomic mass is 10.0. The van der Waals surface area contributed by atoms with Gasteiger partial charge in [0.1, 0.15) is 12.4 Å². The highest BCUT2D eigenvalue weighted by Crippen LogP contribution is 2.15. The second-order valence-electron chi connectivity index (χ2n) is 12.3. The van der Waals surface area contributed by atoms with Crippen LogP contribution in [0.3, 0.4) is 0 Å². The average molecular weight is 532 g/mol. The van der Waals surface area contributed by atoms with Crippen molar-refractivity contribution in [3.63, 3.8) is 0 Å². The van der Waals surface area contributed by atoms with Gasteiger partial charge in [-0.05, 0) is 32.1 Å². The molecule has 0 spiro atoms. The highest BCUT2D eigenvalue weighted by molar-refractivity contribution is 4.84. The summed E-state index contributed by atoms with van der Waals surface area (Å²) in [5.74, 6) is 1.61. The number of aryl methyl sites for hydroxylation is 2. The van der Waals surface area contributed by atoms with Gasteiger partial charge in [-0.25, -0.2) is 9.13 Å². The van der Waals surface area contributed by atoms with E-state index < -0.39 is 0 Å². The Bertz CT molecular complexity index is 590. The van der Waals surface area contributed by atoms with Crippen molar-refractivity contribution in [3.8, 4) is 0 Å². The minimum Gasteiger partial charge on any atom is -0.234 e. The van der Waals surface area contributed by atoms with Crippen LogP contribution in [0.5, 0.6) is 0 Å². The number of hydrogen-bond acceptors (Lipinski definition) is 0. The molecule has 38 heavy (non-hydrogen) atoms. The maximum Gasteiger partial charge on any atom is 0.256 e. The molecule has 1 heterocycles. The topological polar surface area (TPSA) is 8.81 Å². The van der Waals surface area contributed by atoms with Gasteiger partial charge >= 0.3 is 0 Å². The normalized spacial score (nSPS) is 11.6. The van der Waals surface area contributed by atoms with Gasteiger partial charge in [0.05, 0.1) is 13.1 Å². The lowest BCUT2D eigenvalue weighted by Gasteiger charge is -2.07. The van der Waals surface area contributed by atoms with Crippen LogP contribution in [0.1, 0.15) is 200 Å². The molecule has 0 unspecified atom stereocenters. The zero-order valence-corrected chi connectivity index (χ0v) is 26.8. The number of unbranched alkanes of at least 4 members (excludes halogenated alkanes) is 24. The molecule has 0 atom stereocenters. The van der Waals surface area contributed by atoms with Crippen LogP contribution in [0.25, 0.3) is 0 Å². The van der Waals surface area contributed by atoms with Crippen LogP contribution in [0.4, 0.5) is 0 Å². The first-order chi connectivity index (χ1) is 18.8. The van der Waals surface area contributed by atoms with E-state index in [9.17, 15) is 0 Å². The third-order valence-corrected chi connectivity index (χ3v) is 8.60. The van der Waals surface area contributed by atoms with Crippen molar-refractivity contribution in [1.29, 1.82) is 0 Å². The van der Waals surface area contributed by atoms with E-state index in [0.717, 1.165) is 0 Å². The molecule has 0 amide bonds. The van der Waals surface area contributed by atoms with E-state index in [0.29, 0.717) is 0 Å². The van der Waals surface area contributed by atoms with Crippen LogP contribution in [-0.2, 0) is 19.5 Å². The molecule has 0 aliphatic rings. The molecular formula is C36H71N2+. The Kier molecular flexibility index (Phi) is 25.7. The number of imidazole rings is 1. The zero-order valence-electron chi connectivity index (χ0n) is 26.8. The van der Waals surface area contributed by atoms with E-state index in [2.05, 4.69) is 42.3 Å². The molecule has 0 aliphatic carbocycles. The standard InChI is InChI=1S/C36H71N2/c1-4-7-10-13-15-17-18-19-20-21-22-24-27-30-33-38-35-34-37(32-29-26-12-9-6-3)36(38)31-28-25-23-16-14-11-8-5-2/h34-35H,4-33H2,1-3H3/q+1. The number of aromatic nitrogens is 2. The average Bonchev–Trinajstić information content (AvgIpc) is 3.31. The molecule has 1 rings (SSSR count). The summed E-state index contributed by atoms with van der Waals surface area (Å²) < 4.78 is 5.23. The molecule has 1 aromatic heterocycles. The Labute approximate surface area is 240 Å². The minimum absolute atomic E-state index is 1.22. The van der Waals surface area contributed by atoms with Gasteiger partial charge in [-0.1, -0.05) is 162 Å². The Morgan fingerprint density at radius 1 is 0.447 bits per heavy atom. The van der Waals surface area contributed by atoms with Crippen LogP contribution in [0.2, 0.25) is 0 Å². The van der Waals surface area contributed by atoms with E-state index >= 15 is 0 Å². The summed E-state index contributed by atoms with van der Waals surface area (Å²) in [5.41, 5.74) is 0. The van der Waals surface area contributed by atoms with Gasteiger partial charge in [-0.3, -0.25) is 0 Å². The lowest BCUT2D eigenvalue weighted by molar-refractivity contribution is -0.704. The van der Waals surface area contributed by atoms with Crippen molar-refractivity contribution in [2.24, 2.45) is 0 Å². The third-order valence-electron chi connectivity index (χ3n) is 8.60. The van der Waals surface area contributed by atoms with Crippen LogP contribution in [0, 0.1) is 0 Å². The Morgan fingerprint density at radius 2 is 0.816 bits per heavy atom. The molecule has 224 valence electrons. The van der Waals surface area contributed by atoms with Crippen molar-refractivity contribution in [1.82, 2.24) is 4.57 Å². The summed E-state index contributed by atoms with van der Waals surface area (Å²) in [6.07, 6.45) is 44.4. The van der Waals surface area contributed by atoms with E-state index in [1.54, 1.807) is 5.82 Å². The summed E-state index contributed by atoms with van der Waals surface area (Å²) in [4.78, 5) is 0. The number of rotatable bonds is 30. The maximum atomic E-state index is 2.62. The Hall–Kier alpha value is -0.790. The second kappa shape index (κ2) is 27.8. The second-order valence-corrected chi connectivity index (χ2v) is 12.3. The monoisotopic (exact) mass is 532 g/mol. The fourth-order valence-electron chi connectivity index (χ4n) is 5.97. The van der Waals surface area contributed by atoms with Crippen molar-refractivity contribution in [3.05, 3.63) is 18.2 Å². The van der Waals surface area contributed by atoms with Gasteiger partial charge in [-0.2, -0.15) is 0 Å². The zero-order chi connectivity index (χ0) is 27.4. The Morgan fingerprint density at radius 3 is 1.26 bits per heavy atom. The molecular weight excluding hydrogens is 460 g/mol. The van der Waals surface area contributed by atoms with Crippen LogP contribution in [-0.4, -0.2) is 4.57 Å². The van der Waals surface area contributed by atoms with Gasteiger partial charge in [0.15, 0.2) is 0 Å². The van der Waals surface area contributed by atoms with E-state index in [4.69, 9.17) is 0 Å². The van der Waals surface area contributed by atoms with E-state index in [-0.39, 0.29) is 0 Å². The molecule has 1 aromatic rings. The first-order valence-corrected chi connectivity index (χ1v) is 17.9. The maximum absolute atomic E-state index is 2.62. The first kappa shape index (κ1) is 35.2. The van der Waals surface area contributed by atoms with Crippen molar-refractivity contribution in [2.75, 3.05) is 0 Å². The van der Waals surface area contributed by atoms with E-state index in [1.807, 2.05) is 0 Å². The predicted octanol–water partition coefficient (Wildman–Crippen LogP) is 11.9. The van der Waals surface area contributed by atoms with Gasteiger partial charge in [0, 0.05) is 6.42 Å². The summed E-state index contributed by atoms with van der Waals surface area (Å²) in [6, 6.07) is 0. The highest BCUT2D eigenvalue weighted by Gasteiger charge is 2.16.